The fraction of sp³-hybridized carbons (Fsp3) is 0.125. The molecule has 2 N–H and O–H groups in total. The quantitative estimate of drug-likeness (QED) is 0.434. The molecule has 0 radical (unpaired) electrons. The van der Waals surface area contributed by atoms with Gasteiger partial charge in [0.15, 0.2) is 6.61 Å². The van der Waals surface area contributed by atoms with E-state index in [2.05, 4.69) is 26.5 Å². The minimum atomic E-state index is -0.594. The van der Waals surface area contributed by atoms with Crippen molar-refractivity contribution in [3.05, 3.63) is 62.1 Å². The number of hydrazone groups is 1. The topological polar surface area (TPSA) is 114 Å². The Balaban J connectivity index is 1.91. The first-order valence-electron chi connectivity index (χ1n) is 7.05. The van der Waals surface area contributed by atoms with Gasteiger partial charge in [-0.25, -0.2) is 5.43 Å². The van der Waals surface area contributed by atoms with Crippen LogP contribution in [0.1, 0.15) is 11.1 Å². The van der Waals surface area contributed by atoms with Crippen LogP contribution in [0.3, 0.4) is 0 Å². The fourth-order valence-corrected chi connectivity index (χ4v) is 2.07. The highest BCUT2D eigenvalue weighted by molar-refractivity contribution is 9.10. The van der Waals surface area contributed by atoms with E-state index in [1.165, 1.54) is 12.1 Å². The van der Waals surface area contributed by atoms with Crippen LogP contribution in [0.4, 0.5) is 5.69 Å². The SMILES string of the molecule is Cc1cc(OCC(=O)N/N=C/c2cc([N+](=O)[O-])ccc2O)ccc1Br. The number of aromatic hydroxyl groups is 1. The summed E-state index contributed by atoms with van der Waals surface area (Å²) in [5.41, 5.74) is 3.10. The number of benzene rings is 2. The van der Waals surface area contributed by atoms with Crippen LogP contribution in [0.2, 0.25) is 0 Å². The summed E-state index contributed by atoms with van der Waals surface area (Å²) >= 11 is 3.37. The Morgan fingerprint density at radius 2 is 2.16 bits per heavy atom. The first-order chi connectivity index (χ1) is 11.9. The molecule has 0 aliphatic carbocycles. The number of carbonyl (C=O) groups excluding carboxylic acids is 1. The lowest BCUT2D eigenvalue weighted by molar-refractivity contribution is -0.384. The van der Waals surface area contributed by atoms with Crippen molar-refractivity contribution in [3.63, 3.8) is 0 Å². The molecule has 0 fully saturated rings. The van der Waals surface area contributed by atoms with Crippen molar-refractivity contribution in [2.75, 3.05) is 6.61 Å². The van der Waals surface area contributed by atoms with E-state index in [0.717, 1.165) is 22.3 Å². The Bertz CT molecular complexity index is 839. The Kier molecular flexibility index (Phi) is 6.07. The lowest BCUT2D eigenvalue weighted by Gasteiger charge is -2.06. The molecule has 0 aliphatic heterocycles. The summed E-state index contributed by atoms with van der Waals surface area (Å²) in [5, 5.41) is 24.0. The number of nitrogens with zero attached hydrogens (tertiary/aromatic N) is 2. The zero-order chi connectivity index (χ0) is 18.4. The lowest BCUT2D eigenvalue weighted by Crippen LogP contribution is -2.24. The van der Waals surface area contributed by atoms with E-state index in [1.54, 1.807) is 12.1 Å². The Morgan fingerprint density at radius 3 is 2.84 bits per heavy atom. The lowest BCUT2D eigenvalue weighted by atomic mass is 10.2. The van der Waals surface area contributed by atoms with Gasteiger partial charge < -0.3 is 9.84 Å². The number of aryl methyl sites for hydroxylation is 1. The van der Waals surface area contributed by atoms with Gasteiger partial charge in [-0.1, -0.05) is 15.9 Å². The Hall–Kier alpha value is -2.94. The predicted molar refractivity (Wildman–Crippen MR) is 94.9 cm³/mol. The summed E-state index contributed by atoms with van der Waals surface area (Å²) in [6, 6.07) is 8.80. The van der Waals surface area contributed by atoms with E-state index >= 15 is 0 Å². The van der Waals surface area contributed by atoms with Gasteiger partial charge in [-0.3, -0.25) is 14.9 Å². The van der Waals surface area contributed by atoms with Crippen LogP contribution in [-0.4, -0.2) is 28.8 Å². The highest BCUT2D eigenvalue weighted by atomic mass is 79.9. The molecule has 0 saturated heterocycles. The second-order valence-corrected chi connectivity index (χ2v) is 5.85. The second-order valence-electron chi connectivity index (χ2n) is 4.99. The van der Waals surface area contributed by atoms with E-state index < -0.39 is 10.8 Å². The molecule has 0 aromatic heterocycles. The van der Waals surface area contributed by atoms with Crippen LogP contribution >= 0.6 is 15.9 Å². The normalized spacial score (nSPS) is 10.6. The zero-order valence-corrected chi connectivity index (χ0v) is 14.7. The Morgan fingerprint density at radius 1 is 1.40 bits per heavy atom. The third-order valence-electron chi connectivity index (χ3n) is 3.11. The molecule has 2 aromatic carbocycles. The number of hydrogen-bond acceptors (Lipinski definition) is 6. The molecule has 0 heterocycles. The van der Waals surface area contributed by atoms with E-state index in [1.807, 2.05) is 13.0 Å². The van der Waals surface area contributed by atoms with Crippen LogP contribution in [0.15, 0.2) is 46.0 Å². The van der Waals surface area contributed by atoms with Crippen molar-refractivity contribution in [1.82, 2.24) is 5.43 Å². The van der Waals surface area contributed by atoms with Crippen LogP contribution < -0.4 is 10.2 Å². The molecule has 9 heteroatoms. The zero-order valence-electron chi connectivity index (χ0n) is 13.1. The fourth-order valence-electron chi connectivity index (χ4n) is 1.82. The van der Waals surface area contributed by atoms with Gasteiger partial charge in [0.2, 0.25) is 0 Å². The average Bonchev–Trinajstić information content (AvgIpc) is 2.57. The third-order valence-corrected chi connectivity index (χ3v) is 4.00. The van der Waals surface area contributed by atoms with Gasteiger partial charge in [0.05, 0.1) is 11.1 Å². The smallest absolute Gasteiger partial charge is 0.277 e. The largest absolute Gasteiger partial charge is 0.507 e. The molecule has 25 heavy (non-hydrogen) atoms. The van der Waals surface area contributed by atoms with Gasteiger partial charge in [-0.15, -0.1) is 0 Å². The number of rotatable bonds is 6. The number of hydrogen-bond donors (Lipinski definition) is 2. The van der Waals surface area contributed by atoms with Crippen molar-refractivity contribution in [2.24, 2.45) is 5.10 Å². The van der Waals surface area contributed by atoms with E-state index in [-0.39, 0.29) is 23.6 Å². The number of nitro benzene ring substituents is 1. The maximum atomic E-state index is 11.7. The number of nitrogens with one attached hydrogen (secondary N) is 1. The number of amides is 1. The first kappa shape index (κ1) is 18.4. The number of carbonyl (C=O) groups is 1. The Labute approximate surface area is 151 Å². The van der Waals surface area contributed by atoms with Crippen LogP contribution in [0.5, 0.6) is 11.5 Å². The number of nitro groups is 1. The molecule has 0 aliphatic rings. The first-order valence-corrected chi connectivity index (χ1v) is 7.84. The number of non-ortho nitro benzene ring substituents is 1. The molecule has 2 aromatic rings. The van der Waals surface area contributed by atoms with Crippen molar-refractivity contribution in [2.45, 2.75) is 6.92 Å². The average molecular weight is 408 g/mol. The molecule has 2 rings (SSSR count). The van der Waals surface area contributed by atoms with Crippen LogP contribution in [0.25, 0.3) is 0 Å². The molecule has 130 valence electrons. The highest BCUT2D eigenvalue weighted by Crippen LogP contribution is 2.22. The number of phenolic OH excluding ortho intramolecular Hbond substituents is 1. The van der Waals surface area contributed by atoms with Gasteiger partial charge in [-0.2, -0.15) is 5.10 Å². The van der Waals surface area contributed by atoms with Gasteiger partial charge in [0, 0.05) is 22.2 Å². The number of ether oxygens (including phenoxy) is 1. The van der Waals surface area contributed by atoms with Crippen molar-refractivity contribution in [3.8, 4) is 11.5 Å². The monoisotopic (exact) mass is 407 g/mol. The third kappa shape index (κ3) is 5.28. The molecule has 0 unspecified atom stereocenters. The summed E-state index contributed by atoms with van der Waals surface area (Å²) in [6.45, 7) is 1.65. The molecular formula is C16H14BrN3O5. The number of phenols is 1. The minimum Gasteiger partial charge on any atom is -0.507 e. The molecule has 0 bridgehead atoms. The molecule has 8 nitrogen and oxygen atoms in total. The summed E-state index contributed by atoms with van der Waals surface area (Å²) < 4.78 is 6.27. The molecular weight excluding hydrogens is 394 g/mol. The standard InChI is InChI=1S/C16H14BrN3O5/c1-10-6-13(3-4-14(10)17)25-9-16(22)19-18-8-11-7-12(20(23)24)2-5-15(11)21/h2-8,21H,9H2,1H3,(H,19,22)/b18-8+. The van der Waals surface area contributed by atoms with Gasteiger partial charge in [-0.05, 0) is 36.8 Å². The summed E-state index contributed by atoms with van der Waals surface area (Å²) in [7, 11) is 0. The van der Waals surface area contributed by atoms with Crippen molar-refractivity contribution in [1.29, 1.82) is 0 Å². The molecule has 1 amide bonds. The molecule has 0 saturated carbocycles. The highest BCUT2D eigenvalue weighted by Gasteiger charge is 2.09. The van der Waals surface area contributed by atoms with Gasteiger partial charge in [0.25, 0.3) is 11.6 Å². The summed E-state index contributed by atoms with van der Waals surface area (Å²) in [5.74, 6) is -0.164. The van der Waals surface area contributed by atoms with E-state index in [0.29, 0.717) is 5.75 Å². The maximum Gasteiger partial charge on any atom is 0.277 e. The number of halogens is 1. The second kappa shape index (κ2) is 8.25. The molecule has 0 atom stereocenters. The molecule has 0 spiro atoms. The van der Waals surface area contributed by atoms with Crippen molar-refractivity contribution >= 4 is 33.7 Å². The van der Waals surface area contributed by atoms with E-state index in [9.17, 15) is 20.0 Å². The predicted octanol–water partition coefficient (Wildman–Crippen LogP) is 2.90. The minimum absolute atomic E-state index is 0.110. The van der Waals surface area contributed by atoms with Gasteiger partial charge >= 0.3 is 0 Å². The van der Waals surface area contributed by atoms with Crippen molar-refractivity contribution < 1.29 is 19.6 Å². The van der Waals surface area contributed by atoms with Crippen LogP contribution in [-0.2, 0) is 4.79 Å². The maximum absolute atomic E-state index is 11.7. The van der Waals surface area contributed by atoms with Gasteiger partial charge in [0.1, 0.15) is 11.5 Å². The van der Waals surface area contributed by atoms with E-state index in [4.69, 9.17) is 4.74 Å². The summed E-state index contributed by atoms with van der Waals surface area (Å²) in [4.78, 5) is 21.8. The summed E-state index contributed by atoms with van der Waals surface area (Å²) in [6.07, 6.45) is 1.12. The van der Waals surface area contributed by atoms with Crippen LogP contribution in [0, 0.1) is 17.0 Å².